The third-order valence-electron chi connectivity index (χ3n) is 5.39. The van der Waals surface area contributed by atoms with Gasteiger partial charge in [0.1, 0.15) is 23.4 Å². The number of aryl methyl sites for hydroxylation is 1. The fourth-order valence-electron chi connectivity index (χ4n) is 4.09. The van der Waals surface area contributed by atoms with Gasteiger partial charge in [-0.25, -0.2) is 14.8 Å². The third kappa shape index (κ3) is 5.62. The highest BCUT2D eigenvalue weighted by Gasteiger charge is 2.29. The van der Waals surface area contributed by atoms with Crippen LogP contribution in [-0.4, -0.2) is 38.1 Å². The maximum atomic E-state index is 11.9. The molecule has 7 nitrogen and oxygen atoms in total. The molecule has 0 bridgehead atoms. The lowest BCUT2D eigenvalue weighted by Crippen LogP contribution is -2.34. The molecule has 0 saturated heterocycles. The lowest BCUT2D eigenvalue weighted by molar-refractivity contribution is 0.0519. The number of unbranched alkanes of at least 4 members (excludes halogenated alkanes) is 1. The fourth-order valence-corrected chi connectivity index (χ4v) is 4.49. The Hall–Kier alpha value is -1.83. The summed E-state index contributed by atoms with van der Waals surface area (Å²) in [7, 11) is 0. The normalized spacial score (nSPS) is 19.6. The summed E-state index contributed by atoms with van der Waals surface area (Å²) in [5.41, 5.74) is 7.88. The van der Waals surface area contributed by atoms with Gasteiger partial charge < -0.3 is 20.4 Å². The van der Waals surface area contributed by atoms with E-state index in [1.807, 2.05) is 20.8 Å². The van der Waals surface area contributed by atoms with E-state index in [0.717, 1.165) is 54.9 Å². The minimum absolute atomic E-state index is 0.345. The second-order valence-corrected chi connectivity index (χ2v) is 9.67. The van der Waals surface area contributed by atoms with Crippen molar-refractivity contribution in [1.82, 2.24) is 19.9 Å². The molecule has 29 heavy (non-hydrogen) atoms. The van der Waals surface area contributed by atoms with Crippen LogP contribution in [-0.2, 0) is 11.2 Å². The fraction of sp³-hybridized carbons (Fsp3) is 0.667. The standard InChI is InChI=1S/C21H32BrN5O2/c1-21(2,3)29-20(28)24-11-14-7-8-16(10-14)27-12-15(6-4-5-9-22)17-18(23)25-13-26-19(17)27/h12-14,16H,4-11H2,1-3H3,(H,24,28)(H2,23,25,26)/t14-,16+/m1/s1. The number of carbonyl (C=O) groups is 1. The van der Waals surface area contributed by atoms with Crippen molar-refractivity contribution >= 4 is 38.9 Å². The number of hydrogen-bond donors (Lipinski definition) is 2. The van der Waals surface area contributed by atoms with Crippen LogP contribution >= 0.6 is 15.9 Å². The van der Waals surface area contributed by atoms with Gasteiger partial charge in [-0.1, -0.05) is 15.9 Å². The molecular formula is C21H32BrN5O2. The summed E-state index contributed by atoms with van der Waals surface area (Å²) in [6, 6.07) is 0.363. The molecule has 1 amide bonds. The van der Waals surface area contributed by atoms with Gasteiger partial charge in [-0.2, -0.15) is 0 Å². The van der Waals surface area contributed by atoms with Gasteiger partial charge in [0.05, 0.1) is 5.39 Å². The van der Waals surface area contributed by atoms with Gasteiger partial charge in [0.2, 0.25) is 0 Å². The molecule has 0 aliphatic heterocycles. The topological polar surface area (TPSA) is 95.1 Å². The molecule has 8 heteroatoms. The van der Waals surface area contributed by atoms with E-state index in [0.29, 0.717) is 24.3 Å². The molecule has 3 rings (SSSR count). The van der Waals surface area contributed by atoms with Crippen molar-refractivity contribution in [2.24, 2.45) is 5.92 Å². The molecule has 0 radical (unpaired) electrons. The molecule has 1 saturated carbocycles. The molecule has 0 unspecified atom stereocenters. The van der Waals surface area contributed by atoms with Crippen molar-refractivity contribution < 1.29 is 9.53 Å². The number of alkyl carbamates (subject to hydrolysis) is 1. The molecule has 0 spiro atoms. The van der Waals surface area contributed by atoms with Gasteiger partial charge in [-0.05, 0) is 70.8 Å². The highest BCUT2D eigenvalue weighted by atomic mass is 79.9. The number of nitrogens with zero attached hydrogens (tertiary/aromatic N) is 3. The highest BCUT2D eigenvalue weighted by Crippen LogP contribution is 2.38. The van der Waals surface area contributed by atoms with Gasteiger partial charge in [-0.3, -0.25) is 0 Å². The minimum atomic E-state index is -0.475. The van der Waals surface area contributed by atoms with Crippen molar-refractivity contribution in [3.63, 3.8) is 0 Å². The summed E-state index contributed by atoms with van der Waals surface area (Å²) in [4.78, 5) is 20.7. The number of hydrogen-bond acceptors (Lipinski definition) is 5. The van der Waals surface area contributed by atoms with Crippen LogP contribution < -0.4 is 11.1 Å². The number of nitrogens with two attached hydrogens (primary N) is 1. The first-order chi connectivity index (χ1) is 13.8. The number of ether oxygens (including phenoxy) is 1. The van der Waals surface area contributed by atoms with Gasteiger partial charge in [0.25, 0.3) is 0 Å². The predicted octanol–water partition coefficient (Wildman–Crippen LogP) is 4.60. The lowest BCUT2D eigenvalue weighted by atomic mass is 10.1. The van der Waals surface area contributed by atoms with Crippen molar-refractivity contribution in [1.29, 1.82) is 0 Å². The SMILES string of the molecule is CC(C)(C)OC(=O)NC[C@@H]1CC[C@H](n2cc(CCCCBr)c3c(N)ncnc32)C1. The Morgan fingerprint density at radius 2 is 2.14 bits per heavy atom. The Balaban J connectivity index is 1.68. The quantitative estimate of drug-likeness (QED) is 0.460. The van der Waals surface area contributed by atoms with Crippen molar-refractivity contribution in [3.05, 3.63) is 18.1 Å². The number of anilines is 1. The summed E-state index contributed by atoms with van der Waals surface area (Å²) in [5.74, 6) is 0.990. The number of nitrogens with one attached hydrogen (secondary N) is 1. The molecule has 2 aromatic heterocycles. The molecule has 2 atom stereocenters. The van der Waals surface area contributed by atoms with Gasteiger partial charge in [0.15, 0.2) is 0 Å². The van der Waals surface area contributed by atoms with Crippen LogP contribution in [0.3, 0.4) is 0 Å². The largest absolute Gasteiger partial charge is 0.444 e. The van der Waals surface area contributed by atoms with Crippen LogP contribution in [0.15, 0.2) is 12.5 Å². The number of fused-ring (bicyclic) bond motifs is 1. The van der Waals surface area contributed by atoms with Crippen LogP contribution in [0.1, 0.15) is 64.5 Å². The van der Waals surface area contributed by atoms with Crippen LogP contribution in [0.4, 0.5) is 10.6 Å². The highest BCUT2D eigenvalue weighted by molar-refractivity contribution is 9.09. The monoisotopic (exact) mass is 465 g/mol. The minimum Gasteiger partial charge on any atom is -0.444 e. The van der Waals surface area contributed by atoms with Crippen LogP contribution in [0.5, 0.6) is 0 Å². The molecule has 1 fully saturated rings. The van der Waals surface area contributed by atoms with Crippen LogP contribution in [0.2, 0.25) is 0 Å². The molecule has 2 heterocycles. The molecular weight excluding hydrogens is 434 g/mol. The Morgan fingerprint density at radius 1 is 1.34 bits per heavy atom. The average molecular weight is 466 g/mol. The number of halogens is 1. The number of alkyl halides is 1. The van der Waals surface area contributed by atoms with Crippen molar-refractivity contribution in [3.8, 4) is 0 Å². The first kappa shape index (κ1) is 21.9. The van der Waals surface area contributed by atoms with Gasteiger partial charge >= 0.3 is 6.09 Å². The second kappa shape index (κ2) is 9.32. The summed E-state index contributed by atoms with van der Waals surface area (Å²) in [5, 5.41) is 4.92. The maximum Gasteiger partial charge on any atom is 0.407 e. The zero-order chi connectivity index (χ0) is 21.0. The molecule has 160 valence electrons. The van der Waals surface area contributed by atoms with E-state index in [4.69, 9.17) is 10.5 Å². The molecule has 1 aliphatic carbocycles. The van der Waals surface area contributed by atoms with Crippen molar-refractivity contribution in [2.45, 2.75) is 70.9 Å². The number of aromatic nitrogens is 3. The number of nitrogen functional groups attached to an aromatic ring is 1. The molecule has 3 N–H and O–H groups in total. The first-order valence-corrected chi connectivity index (χ1v) is 11.5. The van der Waals surface area contributed by atoms with Crippen LogP contribution in [0.25, 0.3) is 11.0 Å². The summed E-state index contributed by atoms with van der Waals surface area (Å²) < 4.78 is 7.62. The van der Waals surface area contributed by atoms with E-state index in [9.17, 15) is 4.79 Å². The van der Waals surface area contributed by atoms with E-state index in [1.54, 1.807) is 6.33 Å². The maximum absolute atomic E-state index is 11.9. The van der Waals surface area contributed by atoms with E-state index < -0.39 is 5.60 Å². The Kier molecular flexibility index (Phi) is 7.03. The average Bonchev–Trinajstić information content (AvgIpc) is 3.24. The number of carbonyl (C=O) groups excluding carboxylic acids is 1. The zero-order valence-corrected chi connectivity index (χ0v) is 19.2. The van der Waals surface area contributed by atoms with E-state index >= 15 is 0 Å². The lowest BCUT2D eigenvalue weighted by Gasteiger charge is -2.20. The predicted molar refractivity (Wildman–Crippen MR) is 119 cm³/mol. The summed E-state index contributed by atoms with van der Waals surface area (Å²) in [6.45, 7) is 6.26. The molecule has 0 aromatic carbocycles. The zero-order valence-electron chi connectivity index (χ0n) is 17.6. The number of amides is 1. The van der Waals surface area contributed by atoms with Gasteiger partial charge in [-0.15, -0.1) is 0 Å². The molecule has 1 aliphatic rings. The first-order valence-electron chi connectivity index (χ1n) is 10.4. The smallest absolute Gasteiger partial charge is 0.407 e. The Bertz CT molecular complexity index is 845. The van der Waals surface area contributed by atoms with Crippen molar-refractivity contribution in [2.75, 3.05) is 17.6 Å². The molecule has 2 aromatic rings. The Labute approximate surface area is 180 Å². The summed E-state index contributed by atoms with van der Waals surface area (Å²) in [6.07, 6.45) is 9.77. The van der Waals surface area contributed by atoms with E-state index in [-0.39, 0.29) is 6.09 Å². The summed E-state index contributed by atoms with van der Waals surface area (Å²) >= 11 is 3.50. The van der Waals surface area contributed by atoms with Crippen LogP contribution in [0, 0.1) is 5.92 Å². The van der Waals surface area contributed by atoms with Gasteiger partial charge in [0, 0.05) is 24.1 Å². The number of rotatable bonds is 7. The van der Waals surface area contributed by atoms with E-state index in [1.165, 1.54) is 5.56 Å². The Morgan fingerprint density at radius 3 is 2.86 bits per heavy atom. The third-order valence-corrected chi connectivity index (χ3v) is 5.95. The van der Waals surface area contributed by atoms with E-state index in [2.05, 4.69) is 42.0 Å². The second-order valence-electron chi connectivity index (χ2n) is 8.88.